The predicted molar refractivity (Wildman–Crippen MR) is 78.5 cm³/mol. The van der Waals surface area contributed by atoms with E-state index < -0.39 is 6.10 Å². The van der Waals surface area contributed by atoms with Crippen LogP contribution in [0.3, 0.4) is 0 Å². The molecule has 1 heterocycles. The van der Waals surface area contributed by atoms with Gasteiger partial charge in [-0.3, -0.25) is 4.79 Å². The number of hydrogen-bond acceptors (Lipinski definition) is 3. The van der Waals surface area contributed by atoms with E-state index in [1.54, 1.807) is 0 Å². The van der Waals surface area contributed by atoms with Crippen LogP contribution in [0, 0.1) is 5.92 Å². The maximum atomic E-state index is 11.7. The highest BCUT2D eigenvalue weighted by Crippen LogP contribution is 2.27. The Morgan fingerprint density at radius 1 is 1.21 bits per heavy atom. The van der Waals surface area contributed by atoms with Crippen LogP contribution in [0.4, 0.5) is 0 Å². The summed E-state index contributed by atoms with van der Waals surface area (Å²) in [7, 11) is 0. The maximum Gasteiger partial charge on any atom is 0.220 e. The fourth-order valence-electron chi connectivity index (χ4n) is 3.12. The Morgan fingerprint density at radius 2 is 1.95 bits per heavy atom. The van der Waals surface area contributed by atoms with E-state index in [9.17, 15) is 9.90 Å². The van der Waals surface area contributed by atoms with Gasteiger partial charge in [0.2, 0.25) is 5.91 Å². The summed E-state index contributed by atoms with van der Waals surface area (Å²) in [5.74, 6) is 0.948. The van der Waals surface area contributed by atoms with Crippen molar-refractivity contribution in [1.29, 1.82) is 0 Å². The first-order valence-corrected chi connectivity index (χ1v) is 7.44. The Hall–Kier alpha value is -0.320. The Morgan fingerprint density at radius 3 is 2.58 bits per heavy atom. The molecule has 0 aromatic rings. The molecule has 1 saturated carbocycles. The van der Waals surface area contributed by atoms with Crippen LogP contribution in [0.15, 0.2) is 0 Å². The van der Waals surface area contributed by atoms with E-state index in [1.807, 2.05) is 0 Å². The van der Waals surface area contributed by atoms with Gasteiger partial charge in [-0.25, -0.2) is 0 Å². The van der Waals surface area contributed by atoms with Crippen molar-refractivity contribution < 1.29 is 9.90 Å². The molecule has 2 aliphatic rings. The number of rotatable bonds is 5. The summed E-state index contributed by atoms with van der Waals surface area (Å²) >= 11 is 0. The third-order valence-corrected chi connectivity index (χ3v) is 4.27. The summed E-state index contributed by atoms with van der Waals surface area (Å²) < 4.78 is 0. The molecule has 1 amide bonds. The highest BCUT2D eigenvalue weighted by Gasteiger charge is 2.26. The van der Waals surface area contributed by atoms with Crippen LogP contribution in [-0.2, 0) is 4.79 Å². The van der Waals surface area contributed by atoms with E-state index in [0.717, 1.165) is 12.3 Å². The number of nitrogens with one attached hydrogen (secondary N) is 2. The van der Waals surface area contributed by atoms with E-state index in [1.165, 1.54) is 38.5 Å². The fraction of sp³-hybridized carbons (Fsp3) is 0.929. The molecule has 5 heteroatoms. The van der Waals surface area contributed by atoms with Crippen LogP contribution in [0.1, 0.15) is 51.4 Å². The van der Waals surface area contributed by atoms with Gasteiger partial charge < -0.3 is 15.7 Å². The summed E-state index contributed by atoms with van der Waals surface area (Å²) in [6, 6.07) is -0.0906. The number of hydrogen-bond donors (Lipinski definition) is 3. The van der Waals surface area contributed by atoms with Gasteiger partial charge in [0.25, 0.3) is 0 Å². The van der Waals surface area contributed by atoms with Crippen molar-refractivity contribution in [2.45, 2.75) is 63.5 Å². The molecule has 2 fully saturated rings. The zero-order valence-electron chi connectivity index (χ0n) is 11.6. The van der Waals surface area contributed by atoms with Crippen LogP contribution in [0.5, 0.6) is 0 Å². The molecule has 0 unspecified atom stereocenters. The van der Waals surface area contributed by atoms with Gasteiger partial charge in [-0.2, -0.15) is 0 Å². The van der Waals surface area contributed by atoms with Crippen molar-refractivity contribution in [2.24, 2.45) is 5.92 Å². The van der Waals surface area contributed by atoms with Crippen LogP contribution in [-0.4, -0.2) is 36.2 Å². The Balaban J connectivity index is 0.00000180. The molecule has 1 saturated heterocycles. The molecule has 4 nitrogen and oxygen atoms in total. The molecule has 0 bridgehead atoms. The van der Waals surface area contributed by atoms with Crippen LogP contribution in [0.2, 0.25) is 0 Å². The standard InChI is InChI=1S/C14H26N2O2.ClH/c17-13-10-15-9-12(13)16-14(18)8-4-7-11-5-2-1-3-6-11;/h11-13,15,17H,1-10H2,(H,16,18);1H/t12-,13-;/m1./s1. The summed E-state index contributed by atoms with van der Waals surface area (Å²) in [4.78, 5) is 11.7. The van der Waals surface area contributed by atoms with E-state index in [2.05, 4.69) is 10.6 Å². The number of amides is 1. The molecule has 3 N–H and O–H groups in total. The first-order valence-electron chi connectivity index (χ1n) is 7.44. The minimum atomic E-state index is -0.424. The minimum Gasteiger partial charge on any atom is -0.390 e. The molecular formula is C14H27ClN2O2. The highest BCUT2D eigenvalue weighted by molar-refractivity contribution is 5.85. The number of β-amino-alcohol motifs (C(OH)–C–C–N with tert-alkyl or cyclic N) is 1. The van der Waals surface area contributed by atoms with Crippen molar-refractivity contribution in [3.05, 3.63) is 0 Å². The SMILES string of the molecule is Cl.O=C(CCCC1CCCCC1)N[C@@H]1CNC[C@H]1O. The average molecular weight is 291 g/mol. The number of carbonyl (C=O) groups is 1. The van der Waals surface area contributed by atoms with Crippen molar-refractivity contribution in [2.75, 3.05) is 13.1 Å². The first kappa shape index (κ1) is 16.7. The van der Waals surface area contributed by atoms with E-state index in [-0.39, 0.29) is 24.4 Å². The number of aliphatic hydroxyl groups excluding tert-OH is 1. The molecule has 1 aliphatic carbocycles. The lowest BCUT2D eigenvalue weighted by atomic mass is 9.86. The van der Waals surface area contributed by atoms with Crippen molar-refractivity contribution >= 4 is 18.3 Å². The summed E-state index contributed by atoms with van der Waals surface area (Å²) in [5.41, 5.74) is 0. The second-order valence-corrected chi connectivity index (χ2v) is 5.80. The molecule has 0 radical (unpaired) electrons. The van der Waals surface area contributed by atoms with Gasteiger partial charge in [0.1, 0.15) is 0 Å². The van der Waals surface area contributed by atoms with E-state index >= 15 is 0 Å². The Kier molecular flexibility index (Phi) is 7.73. The van der Waals surface area contributed by atoms with Gasteiger partial charge >= 0.3 is 0 Å². The Labute approximate surface area is 122 Å². The van der Waals surface area contributed by atoms with Crippen molar-refractivity contribution in [3.8, 4) is 0 Å². The monoisotopic (exact) mass is 290 g/mol. The molecule has 112 valence electrons. The highest BCUT2D eigenvalue weighted by atomic mass is 35.5. The smallest absolute Gasteiger partial charge is 0.220 e. The normalized spacial score (nSPS) is 27.8. The average Bonchev–Trinajstić information content (AvgIpc) is 2.76. The molecule has 19 heavy (non-hydrogen) atoms. The minimum absolute atomic E-state index is 0. The van der Waals surface area contributed by atoms with Gasteiger partial charge in [-0.15, -0.1) is 12.4 Å². The van der Waals surface area contributed by atoms with Gasteiger partial charge in [0, 0.05) is 19.5 Å². The zero-order valence-corrected chi connectivity index (χ0v) is 12.4. The zero-order chi connectivity index (χ0) is 12.8. The second-order valence-electron chi connectivity index (χ2n) is 5.80. The molecular weight excluding hydrogens is 264 g/mol. The van der Waals surface area contributed by atoms with Crippen LogP contribution >= 0.6 is 12.4 Å². The lowest BCUT2D eigenvalue weighted by Crippen LogP contribution is -2.42. The summed E-state index contributed by atoms with van der Waals surface area (Å²) in [6.07, 6.45) is 9.22. The van der Waals surface area contributed by atoms with Crippen LogP contribution < -0.4 is 10.6 Å². The topological polar surface area (TPSA) is 61.4 Å². The predicted octanol–water partition coefficient (Wildman–Crippen LogP) is 1.61. The largest absolute Gasteiger partial charge is 0.390 e. The summed E-state index contributed by atoms with van der Waals surface area (Å²) in [6.45, 7) is 1.28. The van der Waals surface area contributed by atoms with Crippen molar-refractivity contribution in [3.63, 3.8) is 0 Å². The fourth-order valence-corrected chi connectivity index (χ4v) is 3.12. The first-order chi connectivity index (χ1) is 8.75. The van der Waals surface area contributed by atoms with E-state index in [0.29, 0.717) is 19.5 Å². The second kappa shape index (κ2) is 8.77. The number of halogens is 1. The van der Waals surface area contributed by atoms with E-state index in [4.69, 9.17) is 0 Å². The number of carbonyl (C=O) groups excluding carboxylic acids is 1. The molecule has 0 spiro atoms. The molecule has 2 atom stereocenters. The maximum absolute atomic E-state index is 11.7. The van der Waals surface area contributed by atoms with Gasteiger partial charge in [0.05, 0.1) is 12.1 Å². The van der Waals surface area contributed by atoms with Crippen LogP contribution in [0.25, 0.3) is 0 Å². The lowest BCUT2D eigenvalue weighted by molar-refractivity contribution is -0.122. The third-order valence-electron chi connectivity index (χ3n) is 4.27. The van der Waals surface area contributed by atoms with Gasteiger partial charge in [0.15, 0.2) is 0 Å². The van der Waals surface area contributed by atoms with Gasteiger partial charge in [-0.1, -0.05) is 32.1 Å². The number of aliphatic hydroxyl groups is 1. The Bertz CT molecular complexity index is 270. The molecule has 0 aromatic carbocycles. The van der Waals surface area contributed by atoms with Gasteiger partial charge in [-0.05, 0) is 18.8 Å². The third kappa shape index (κ3) is 5.67. The molecule has 2 rings (SSSR count). The molecule has 1 aliphatic heterocycles. The summed E-state index contributed by atoms with van der Waals surface area (Å²) in [5, 5.41) is 15.6. The molecule has 0 aromatic heterocycles. The van der Waals surface area contributed by atoms with Crippen molar-refractivity contribution in [1.82, 2.24) is 10.6 Å². The lowest BCUT2D eigenvalue weighted by Gasteiger charge is -2.21. The quantitative estimate of drug-likeness (QED) is 0.721.